The molecule has 1 atom stereocenters. The standard InChI is InChI=1S/C14H29N3S/c1-11(2)13-10-16-14(18-13)15-8-6-7-9-17(5)12(3)4/h11-13H,6-10H2,1-5H3,(H,15,16). The van der Waals surface area contributed by atoms with Crippen LogP contribution >= 0.6 is 11.8 Å². The van der Waals surface area contributed by atoms with Crippen LogP contribution in [0.3, 0.4) is 0 Å². The van der Waals surface area contributed by atoms with Crippen molar-refractivity contribution in [1.29, 1.82) is 0 Å². The SMILES string of the molecule is CC(C)C1CN=C(NCCCCN(C)C(C)C)S1. The molecule has 0 fully saturated rings. The van der Waals surface area contributed by atoms with E-state index < -0.39 is 0 Å². The lowest BCUT2D eigenvalue weighted by Gasteiger charge is -2.20. The average Bonchev–Trinajstić information content (AvgIpc) is 2.77. The summed E-state index contributed by atoms with van der Waals surface area (Å²) in [5.74, 6) is 0.720. The highest BCUT2D eigenvalue weighted by molar-refractivity contribution is 8.14. The summed E-state index contributed by atoms with van der Waals surface area (Å²) in [4.78, 5) is 6.96. The molecule has 0 radical (unpaired) electrons. The molecule has 0 saturated carbocycles. The van der Waals surface area contributed by atoms with Gasteiger partial charge in [0.1, 0.15) is 0 Å². The highest BCUT2D eigenvalue weighted by Gasteiger charge is 2.21. The number of amidine groups is 1. The molecule has 1 N–H and O–H groups in total. The van der Waals surface area contributed by atoms with Crippen LogP contribution in [0, 0.1) is 5.92 Å². The minimum Gasteiger partial charge on any atom is -0.365 e. The van der Waals surface area contributed by atoms with Crippen LogP contribution < -0.4 is 5.32 Å². The number of aliphatic imine (C=N–C) groups is 1. The first-order valence-electron chi connectivity index (χ1n) is 7.16. The van der Waals surface area contributed by atoms with Gasteiger partial charge in [0.05, 0.1) is 6.54 Å². The molecule has 0 amide bonds. The Labute approximate surface area is 117 Å². The minimum absolute atomic E-state index is 0.652. The van der Waals surface area contributed by atoms with E-state index in [9.17, 15) is 0 Å². The summed E-state index contributed by atoms with van der Waals surface area (Å²) in [6.45, 7) is 12.3. The quantitative estimate of drug-likeness (QED) is 0.722. The van der Waals surface area contributed by atoms with E-state index in [1.165, 1.54) is 19.4 Å². The Morgan fingerprint density at radius 2 is 2.06 bits per heavy atom. The van der Waals surface area contributed by atoms with Gasteiger partial charge < -0.3 is 10.2 Å². The summed E-state index contributed by atoms with van der Waals surface area (Å²) in [5, 5.41) is 5.30. The van der Waals surface area contributed by atoms with Crippen molar-refractivity contribution in [3.63, 3.8) is 0 Å². The van der Waals surface area contributed by atoms with Gasteiger partial charge >= 0.3 is 0 Å². The molecule has 18 heavy (non-hydrogen) atoms. The van der Waals surface area contributed by atoms with Crippen molar-refractivity contribution in [3.8, 4) is 0 Å². The molecule has 0 aliphatic carbocycles. The second-order valence-electron chi connectivity index (χ2n) is 5.75. The number of nitrogens with one attached hydrogen (secondary N) is 1. The summed E-state index contributed by atoms with van der Waals surface area (Å²) < 4.78 is 0. The molecule has 0 aromatic carbocycles. The Morgan fingerprint density at radius 3 is 2.61 bits per heavy atom. The van der Waals surface area contributed by atoms with Crippen molar-refractivity contribution in [2.45, 2.75) is 51.8 Å². The van der Waals surface area contributed by atoms with E-state index in [0.717, 1.165) is 24.2 Å². The van der Waals surface area contributed by atoms with Gasteiger partial charge in [-0.2, -0.15) is 0 Å². The Kier molecular flexibility index (Phi) is 7.08. The molecule has 3 nitrogen and oxygen atoms in total. The third-order valence-electron chi connectivity index (χ3n) is 3.52. The first kappa shape index (κ1) is 15.8. The highest BCUT2D eigenvalue weighted by atomic mass is 32.2. The smallest absolute Gasteiger partial charge is 0.156 e. The summed E-state index contributed by atoms with van der Waals surface area (Å²) in [5.41, 5.74) is 0. The van der Waals surface area contributed by atoms with Crippen molar-refractivity contribution in [3.05, 3.63) is 0 Å². The number of rotatable bonds is 7. The molecule has 1 aliphatic heterocycles. The van der Waals surface area contributed by atoms with E-state index in [1.54, 1.807) is 0 Å². The molecule has 0 bridgehead atoms. The molecule has 106 valence electrons. The number of hydrogen-bond donors (Lipinski definition) is 1. The molecule has 1 unspecified atom stereocenters. The van der Waals surface area contributed by atoms with E-state index >= 15 is 0 Å². The minimum atomic E-state index is 0.652. The fourth-order valence-electron chi connectivity index (χ4n) is 1.77. The van der Waals surface area contributed by atoms with E-state index in [4.69, 9.17) is 0 Å². The fourth-order valence-corrected chi connectivity index (χ4v) is 2.82. The molecule has 1 aliphatic rings. The van der Waals surface area contributed by atoms with Gasteiger partial charge in [0.2, 0.25) is 0 Å². The highest BCUT2D eigenvalue weighted by Crippen LogP contribution is 2.25. The number of hydrogen-bond acceptors (Lipinski definition) is 4. The predicted octanol–water partition coefficient (Wildman–Crippen LogP) is 2.82. The first-order chi connectivity index (χ1) is 8.50. The Morgan fingerprint density at radius 1 is 1.33 bits per heavy atom. The van der Waals surface area contributed by atoms with Crippen LogP contribution in [-0.2, 0) is 0 Å². The van der Waals surface area contributed by atoms with Crippen molar-refractivity contribution in [2.75, 3.05) is 26.7 Å². The van der Waals surface area contributed by atoms with Crippen LogP contribution in [0.4, 0.5) is 0 Å². The molecule has 1 rings (SSSR count). The Balaban J connectivity index is 2.02. The lowest BCUT2D eigenvalue weighted by Crippen LogP contribution is -2.28. The number of nitrogens with zero attached hydrogens (tertiary/aromatic N) is 2. The van der Waals surface area contributed by atoms with Crippen molar-refractivity contribution >= 4 is 16.9 Å². The normalized spacial score (nSPS) is 20.0. The van der Waals surface area contributed by atoms with Gasteiger partial charge in [-0.15, -0.1) is 0 Å². The van der Waals surface area contributed by atoms with Gasteiger partial charge in [-0.05, 0) is 46.2 Å². The number of thioether (sulfide) groups is 1. The van der Waals surface area contributed by atoms with Gasteiger partial charge in [-0.25, -0.2) is 0 Å². The third kappa shape index (κ3) is 5.61. The second kappa shape index (κ2) is 8.05. The molecule has 0 aromatic heterocycles. The van der Waals surface area contributed by atoms with Crippen molar-refractivity contribution in [2.24, 2.45) is 10.9 Å². The van der Waals surface area contributed by atoms with Crippen LogP contribution in [0.15, 0.2) is 4.99 Å². The Bertz CT molecular complexity index is 264. The van der Waals surface area contributed by atoms with E-state index in [1.807, 2.05) is 11.8 Å². The summed E-state index contributed by atoms with van der Waals surface area (Å²) in [7, 11) is 2.20. The number of unbranched alkanes of at least 4 members (excludes halogenated alkanes) is 1. The molecule has 0 aromatic rings. The zero-order valence-corrected chi connectivity index (χ0v) is 13.4. The van der Waals surface area contributed by atoms with Crippen molar-refractivity contribution < 1.29 is 0 Å². The van der Waals surface area contributed by atoms with Crippen molar-refractivity contribution in [1.82, 2.24) is 10.2 Å². The molecule has 4 heteroatoms. The molecular weight excluding hydrogens is 242 g/mol. The monoisotopic (exact) mass is 271 g/mol. The average molecular weight is 271 g/mol. The molecule has 0 spiro atoms. The van der Waals surface area contributed by atoms with Gasteiger partial charge in [-0.3, -0.25) is 4.99 Å². The van der Waals surface area contributed by atoms with Gasteiger partial charge in [-0.1, -0.05) is 25.6 Å². The topological polar surface area (TPSA) is 27.6 Å². The largest absolute Gasteiger partial charge is 0.365 e. The first-order valence-corrected chi connectivity index (χ1v) is 8.04. The summed E-state index contributed by atoms with van der Waals surface area (Å²) in [6.07, 6.45) is 2.48. The maximum atomic E-state index is 4.56. The zero-order valence-electron chi connectivity index (χ0n) is 12.6. The van der Waals surface area contributed by atoms with Gasteiger partial charge in [0.15, 0.2) is 5.17 Å². The van der Waals surface area contributed by atoms with Crippen LogP contribution in [0.25, 0.3) is 0 Å². The van der Waals surface area contributed by atoms with E-state index in [0.29, 0.717) is 11.3 Å². The fraction of sp³-hybridized carbons (Fsp3) is 0.929. The maximum Gasteiger partial charge on any atom is 0.156 e. The molecule has 1 heterocycles. The van der Waals surface area contributed by atoms with Crippen LogP contribution in [0.5, 0.6) is 0 Å². The predicted molar refractivity (Wildman–Crippen MR) is 83.5 cm³/mol. The van der Waals surface area contributed by atoms with Crippen LogP contribution in [-0.4, -0.2) is 48.0 Å². The van der Waals surface area contributed by atoms with Gasteiger partial charge in [0.25, 0.3) is 0 Å². The molecular formula is C14H29N3S. The van der Waals surface area contributed by atoms with Gasteiger partial charge in [0, 0.05) is 17.8 Å². The third-order valence-corrected chi connectivity index (χ3v) is 5.01. The lowest BCUT2D eigenvalue weighted by atomic mass is 10.1. The zero-order chi connectivity index (χ0) is 13.5. The summed E-state index contributed by atoms with van der Waals surface area (Å²) in [6, 6.07) is 0.652. The van der Waals surface area contributed by atoms with Crippen LogP contribution in [0.1, 0.15) is 40.5 Å². The van der Waals surface area contributed by atoms with E-state index in [2.05, 4.69) is 50.0 Å². The van der Waals surface area contributed by atoms with Crippen LogP contribution in [0.2, 0.25) is 0 Å². The van der Waals surface area contributed by atoms with E-state index in [-0.39, 0.29) is 0 Å². The summed E-state index contributed by atoms with van der Waals surface area (Å²) >= 11 is 1.92. The second-order valence-corrected chi connectivity index (χ2v) is 6.98. The maximum absolute atomic E-state index is 4.56. The lowest BCUT2D eigenvalue weighted by molar-refractivity contribution is 0.268. The Hall–Kier alpha value is -0.220. The molecule has 0 saturated heterocycles.